The van der Waals surface area contributed by atoms with Crippen molar-refractivity contribution in [2.24, 2.45) is 0 Å². The van der Waals surface area contributed by atoms with Gasteiger partial charge in [-0.25, -0.2) is 8.42 Å². The van der Waals surface area contributed by atoms with E-state index in [9.17, 15) is 13.2 Å². The number of sulfonamides is 1. The Hall–Kier alpha value is -2.56. The van der Waals surface area contributed by atoms with E-state index >= 15 is 0 Å². The van der Waals surface area contributed by atoms with Crippen LogP contribution >= 0.6 is 31.9 Å². The van der Waals surface area contributed by atoms with Crippen LogP contribution in [0.3, 0.4) is 0 Å². The summed E-state index contributed by atoms with van der Waals surface area (Å²) in [5, 5.41) is 0. The summed E-state index contributed by atoms with van der Waals surface area (Å²) in [6, 6.07) is 19.3. The van der Waals surface area contributed by atoms with Gasteiger partial charge in [0.05, 0.1) is 7.11 Å². The van der Waals surface area contributed by atoms with Gasteiger partial charge >= 0.3 is 0 Å². The molecule has 1 fully saturated rings. The van der Waals surface area contributed by atoms with Crippen LogP contribution in [0.4, 0.5) is 11.4 Å². The summed E-state index contributed by atoms with van der Waals surface area (Å²) in [5.41, 5.74) is 1.81. The zero-order chi connectivity index (χ0) is 24.3. The monoisotopic (exact) mass is 607 g/mol. The summed E-state index contributed by atoms with van der Waals surface area (Å²) in [4.78, 5) is 17.1. The van der Waals surface area contributed by atoms with E-state index in [0.717, 1.165) is 14.6 Å². The van der Waals surface area contributed by atoms with Crippen LogP contribution in [0.1, 0.15) is 10.4 Å². The molecule has 4 rings (SSSR count). The number of piperazine rings is 1. The summed E-state index contributed by atoms with van der Waals surface area (Å²) in [7, 11) is -2.58. The number of amides is 1. The van der Waals surface area contributed by atoms with Crippen LogP contribution in [-0.2, 0) is 10.0 Å². The number of nitrogens with one attached hydrogen (secondary N) is 1. The first kappa shape index (κ1) is 24.6. The van der Waals surface area contributed by atoms with E-state index in [1.807, 2.05) is 24.3 Å². The van der Waals surface area contributed by atoms with Crippen molar-refractivity contribution in [2.75, 3.05) is 42.9 Å². The van der Waals surface area contributed by atoms with Gasteiger partial charge in [0.1, 0.15) is 10.6 Å². The minimum Gasteiger partial charge on any atom is -0.495 e. The van der Waals surface area contributed by atoms with Crippen LogP contribution in [0.15, 0.2) is 80.6 Å². The van der Waals surface area contributed by atoms with E-state index in [-0.39, 0.29) is 16.6 Å². The molecule has 3 aromatic carbocycles. The van der Waals surface area contributed by atoms with Crippen LogP contribution in [-0.4, -0.2) is 52.5 Å². The highest BCUT2D eigenvalue weighted by Gasteiger charge is 2.26. The first-order valence-corrected chi connectivity index (χ1v) is 13.6. The average molecular weight is 609 g/mol. The third-order valence-corrected chi connectivity index (χ3v) is 8.02. The number of hydrogen-bond acceptors (Lipinski definition) is 5. The van der Waals surface area contributed by atoms with Crippen molar-refractivity contribution in [3.8, 4) is 5.75 Å². The lowest BCUT2D eigenvalue weighted by Crippen LogP contribution is -2.48. The molecule has 1 amide bonds. The third-order valence-electron chi connectivity index (χ3n) is 5.56. The highest BCUT2D eigenvalue weighted by molar-refractivity contribution is 9.10. The second-order valence-corrected chi connectivity index (χ2v) is 11.2. The molecule has 0 aromatic heterocycles. The molecule has 7 nitrogen and oxygen atoms in total. The average Bonchev–Trinajstić information content (AvgIpc) is 2.85. The molecule has 1 heterocycles. The number of ether oxygens (including phenoxy) is 1. The molecule has 0 aliphatic carbocycles. The lowest BCUT2D eigenvalue weighted by atomic mass is 10.1. The second-order valence-electron chi connectivity index (χ2n) is 7.73. The molecular formula is C24H23Br2N3O4S. The van der Waals surface area contributed by atoms with Crippen molar-refractivity contribution in [1.29, 1.82) is 0 Å². The lowest BCUT2D eigenvalue weighted by Gasteiger charge is -2.36. The van der Waals surface area contributed by atoms with Gasteiger partial charge in [-0.05, 0) is 66.7 Å². The Bertz CT molecular complexity index is 1270. The largest absolute Gasteiger partial charge is 0.495 e. The van der Waals surface area contributed by atoms with E-state index in [0.29, 0.717) is 37.4 Å². The fourth-order valence-electron chi connectivity index (χ4n) is 3.75. The predicted octanol–water partition coefficient (Wildman–Crippen LogP) is 4.98. The number of carbonyl (C=O) groups is 1. The Morgan fingerprint density at radius 2 is 1.47 bits per heavy atom. The van der Waals surface area contributed by atoms with E-state index in [1.54, 1.807) is 35.2 Å². The van der Waals surface area contributed by atoms with Crippen LogP contribution in [0.25, 0.3) is 0 Å². The van der Waals surface area contributed by atoms with E-state index in [1.165, 1.54) is 19.2 Å². The summed E-state index contributed by atoms with van der Waals surface area (Å²) in [6.45, 7) is 2.47. The van der Waals surface area contributed by atoms with E-state index in [2.05, 4.69) is 41.5 Å². The predicted molar refractivity (Wildman–Crippen MR) is 140 cm³/mol. The van der Waals surface area contributed by atoms with Gasteiger partial charge in [0.2, 0.25) is 0 Å². The van der Waals surface area contributed by atoms with Crippen LogP contribution in [0.5, 0.6) is 5.75 Å². The van der Waals surface area contributed by atoms with Gasteiger partial charge in [-0.1, -0.05) is 31.9 Å². The van der Waals surface area contributed by atoms with Crippen LogP contribution < -0.4 is 14.4 Å². The first-order chi connectivity index (χ1) is 16.3. The first-order valence-electron chi connectivity index (χ1n) is 10.5. The number of carbonyl (C=O) groups excluding carboxylic acids is 1. The number of halogens is 2. The summed E-state index contributed by atoms with van der Waals surface area (Å²) in [5.74, 6) is -0.0422. The fraction of sp³-hybridized carbons (Fsp3) is 0.208. The number of hydrogen-bond donors (Lipinski definition) is 1. The number of rotatable bonds is 6. The van der Waals surface area contributed by atoms with Crippen molar-refractivity contribution >= 4 is 59.2 Å². The Balaban J connectivity index is 1.51. The van der Waals surface area contributed by atoms with Crippen molar-refractivity contribution in [1.82, 2.24) is 4.90 Å². The zero-order valence-electron chi connectivity index (χ0n) is 18.4. The minimum absolute atomic E-state index is 0.0859. The van der Waals surface area contributed by atoms with Gasteiger partial charge in [0.15, 0.2) is 0 Å². The van der Waals surface area contributed by atoms with Crippen LogP contribution in [0.2, 0.25) is 0 Å². The Morgan fingerprint density at radius 3 is 2.06 bits per heavy atom. The molecule has 0 radical (unpaired) electrons. The molecular weight excluding hydrogens is 586 g/mol. The number of nitrogens with zero attached hydrogens (tertiary/aromatic N) is 2. The smallest absolute Gasteiger partial charge is 0.265 e. The summed E-state index contributed by atoms with van der Waals surface area (Å²) in [6.07, 6.45) is 0. The summed E-state index contributed by atoms with van der Waals surface area (Å²) >= 11 is 6.78. The molecule has 1 aliphatic heterocycles. The third kappa shape index (κ3) is 5.56. The minimum atomic E-state index is -3.98. The molecule has 0 spiro atoms. The van der Waals surface area contributed by atoms with Gasteiger partial charge < -0.3 is 14.5 Å². The number of benzene rings is 3. The van der Waals surface area contributed by atoms with Crippen molar-refractivity contribution in [2.45, 2.75) is 4.90 Å². The maximum Gasteiger partial charge on any atom is 0.265 e. The molecule has 3 aromatic rings. The molecule has 1 aliphatic rings. The Morgan fingerprint density at radius 1 is 0.882 bits per heavy atom. The Kier molecular flexibility index (Phi) is 7.49. The zero-order valence-corrected chi connectivity index (χ0v) is 22.4. The molecule has 1 saturated heterocycles. The molecule has 34 heavy (non-hydrogen) atoms. The van der Waals surface area contributed by atoms with Gasteiger partial charge in [-0.3, -0.25) is 9.52 Å². The second kappa shape index (κ2) is 10.4. The standard InChI is InChI=1S/C24H23Br2N3O4S/c1-33-22-11-2-17(16-23(22)34(31,32)27-20-7-3-18(25)4-8-20)24(30)29-14-12-28(13-15-29)21-9-5-19(26)6-10-21/h2-11,16,27H,12-15H2,1H3. The van der Waals surface area contributed by atoms with Gasteiger partial charge in [-0.15, -0.1) is 0 Å². The van der Waals surface area contributed by atoms with Gasteiger partial charge in [-0.2, -0.15) is 0 Å². The quantitative estimate of drug-likeness (QED) is 0.427. The van der Waals surface area contributed by atoms with Gasteiger partial charge in [0, 0.05) is 52.1 Å². The highest BCUT2D eigenvalue weighted by atomic mass is 79.9. The molecule has 10 heteroatoms. The molecule has 0 bridgehead atoms. The normalized spacial score (nSPS) is 14.1. The molecule has 1 N–H and O–H groups in total. The van der Waals surface area contributed by atoms with Crippen LogP contribution in [0, 0.1) is 0 Å². The highest BCUT2D eigenvalue weighted by Crippen LogP contribution is 2.28. The molecule has 0 unspecified atom stereocenters. The maximum atomic E-state index is 13.2. The van der Waals surface area contributed by atoms with Crippen molar-refractivity contribution in [3.05, 3.63) is 81.2 Å². The summed E-state index contributed by atoms with van der Waals surface area (Å²) < 4.78 is 35.9. The van der Waals surface area contributed by atoms with E-state index in [4.69, 9.17) is 4.74 Å². The Labute approximate surface area is 216 Å². The lowest BCUT2D eigenvalue weighted by molar-refractivity contribution is 0.0746. The van der Waals surface area contributed by atoms with Gasteiger partial charge in [0.25, 0.3) is 15.9 Å². The van der Waals surface area contributed by atoms with Crippen molar-refractivity contribution in [3.63, 3.8) is 0 Å². The maximum absolute atomic E-state index is 13.2. The fourth-order valence-corrected chi connectivity index (χ4v) is 5.53. The SMILES string of the molecule is COc1ccc(C(=O)N2CCN(c3ccc(Br)cc3)CC2)cc1S(=O)(=O)Nc1ccc(Br)cc1. The molecule has 0 saturated carbocycles. The topological polar surface area (TPSA) is 79.0 Å². The molecule has 0 atom stereocenters. The van der Waals surface area contributed by atoms with E-state index < -0.39 is 10.0 Å². The van der Waals surface area contributed by atoms with Crippen molar-refractivity contribution < 1.29 is 17.9 Å². The number of methoxy groups -OCH3 is 1. The number of anilines is 2. The molecule has 178 valence electrons.